The average molecular weight is 227 g/mol. The van der Waals surface area contributed by atoms with Crippen molar-refractivity contribution in [3.63, 3.8) is 0 Å². The standard InChI is InChI=1S/C11H11ClO3/c1-6-2-3-7(13)8(9(6)12)11(4-5-11)10(14)15/h2-3,13H,4-5H2,1H3,(H,14,15). The van der Waals surface area contributed by atoms with Gasteiger partial charge in [-0.05, 0) is 31.4 Å². The number of hydrogen-bond donors (Lipinski definition) is 2. The van der Waals surface area contributed by atoms with Crippen molar-refractivity contribution in [2.75, 3.05) is 0 Å². The zero-order valence-electron chi connectivity index (χ0n) is 8.25. The van der Waals surface area contributed by atoms with Crippen LogP contribution in [0.15, 0.2) is 12.1 Å². The van der Waals surface area contributed by atoms with Gasteiger partial charge < -0.3 is 10.2 Å². The van der Waals surface area contributed by atoms with E-state index in [-0.39, 0.29) is 5.75 Å². The van der Waals surface area contributed by atoms with Gasteiger partial charge in [-0.15, -0.1) is 0 Å². The van der Waals surface area contributed by atoms with Gasteiger partial charge in [0.1, 0.15) is 5.75 Å². The minimum absolute atomic E-state index is 0.0227. The first-order chi connectivity index (χ1) is 6.99. The number of aliphatic carboxylic acids is 1. The van der Waals surface area contributed by atoms with Gasteiger partial charge in [0.05, 0.1) is 10.4 Å². The summed E-state index contributed by atoms with van der Waals surface area (Å²) >= 11 is 6.04. The second-order valence-electron chi connectivity index (χ2n) is 3.98. The van der Waals surface area contributed by atoms with Gasteiger partial charge >= 0.3 is 5.97 Å². The molecule has 0 amide bonds. The van der Waals surface area contributed by atoms with E-state index in [1.807, 2.05) is 0 Å². The van der Waals surface area contributed by atoms with Gasteiger partial charge in [0.2, 0.25) is 0 Å². The van der Waals surface area contributed by atoms with Crippen molar-refractivity contribution in [3.05, 3.63) is 28.3 Å². The Hall–Kier alpha value is -1.22. The maximum absolute atomic E-state index is 11.1. The molecule has 15 heavy (non-hydrogen) atoms. The first-order valence-corrected chi connectivity index (χ1v) is 5.09. The number of benzene rings is 1. The molecule has 80 valence electrons. The number of phenolic OH excluding ortho intramolecular Hbond substituents is 1. The van der Waals surface area contributed by atoms with Crippen LogP contribution in [-0.2, 0) is 10.2 Å². The Bertz CT molecular complexity index is 436. The Balaban J connectivity index is 2.62. The third kappa shape index (κ3) is 1.38. The van der Waals surface area contributed by atoms with Crippen LogP contribution in [0.3, 0.4) is 0 Å². The average Bonchev–Trinajstić information content (AvgIpc) is 2.93. The third-order valence-corrected chi connectivity index (χ3v) is 3.44. The lowest BCUT2D eigenvalue weighted by Gasteiger charge is -2.15. The molecular weight excluding hydrogens is 216 g/mol. The maximum atomic E-state index is 11.1. The van der Waals surface area contributed by atoms with Crippen LogP contribution in [0.25, 0.3) is 0 Å². The van der Waals surface area contributed by atoms with Crippen LogP contribution in [0.2, 0.25) is 5.02 Å². The number of carboxylic acids is 1. The van der Waals surface area contributed by atoms with Crippen LogP contribution in [0.5, 0.6) is 5.75 Å². The fourth-order valence-electron chi connectivity index (χ4n) is 1.82. The van der Waals surface area contributed by atoms with Crippen LogP contribution >= 0.6 is 11.6 Å². The molecule has 0 spiro atoms. The number of phenols is 1. The van der Waals surface area contributed by atoms with Gasteiger partial charge in [0, 0.05) is 5.56 Å². The zero-order chi connectivity index (χ0) is 11.2. The Morgan fingerprint density at radius 3 is 2.53 bits per heavy atom. The number of rotatable bonds is 2. The van der Waals surface area contributed by atoms with Crippen molar-refractivity contribution in [1.82, 2.24) is 0 Å². The zero-order valence-corrected chi connectivity index (χ0v) is 9.01. The minimum atomic E-state index is -0.951. The molecule has 0 saturated heterocycles. The summed E-state index contributed by atoms with van der Waals surface area (Å²) in [7, 11) is 0. The van der Waals surface area contributed by atoms with Crippen molar-refractivity contribution in [2.24, 2.45) is 0 Å². The molecule has 0 atom stereocenters. The molecule has 1 saturated carbocycles. The fraction of sp³-hybridized carbons (Fsp3) is 0.364. The SMILES string of the molecule is Cc1ccc(O)c(C2(C(=O)O)CC2)c1Cl. The van der Waals surface area contributed by atoms with E-state index in [4.69, 9.17) is 16.7 Å². The minimum Gasteiger partial charge on any atom is -0.508 e. The van der Waals surface area contributed by atoms with Crippen LogP contribution < -0.4 is 0 Å². The Labute approximate surface area is 92.3 Å². The third-order valence-electron chi connectivity index (χ3n) is 2.95. The lowest BCUT2D eigenvalue weighted by Crippen LogP contribution is -2.20. The molecule has 1 aliphatic carbocycles. The number of aromatic hydroxyl groups is 1. The maximum Gasteiger partial charge on any atom is 0.314 e. The van der Waals surface area contributed by atoms with Gasteiger partial charge in [0.25, 0.3) is 0 Å². The molecule has 1 fully saturated rings. The Morgan fingerprint density at radius 2 is 2.07 bits per heavy atom. The first kappa shape index (κ1) is 10.3. The predicted molar refractivity (Wildman–Crippen MR) is 56.4 cm³/mol. The molecule has 0 bridgehead atoms. The van der Waals surface area contributed by atoms with E-state index in [0.29, 0.717) is 23.4 Å². The van der Waals surface area contributed by atoms with Gasteiger partial charge in [-0.2, -0.15) is 0 Å². The molecule has 1 aromatic rings. The highest BCUT2D eigenvalue weighted by Crippen LogP contribution is 2.54. The van der Waals surface area contributed by atoms with Gasteiger partial charge in [0.15, 0.2) is 0 Å². The molecule has 0 heterocycles. The van der Waals surface area contributed by atoms with Crippen LogP contribution in [0.4, 0.5) is 0 Å². The molecular formula is C11H11ClO3. The van der Waals surface area contributed by atoms with Crippen LogP contribution in [0, 0.1) is 6.92 Å². The molecule has 1 aliphatic rings. The molecule has 1 aromatic carbocycles. The quantitative estimate of drug-likeness (QED) is 0.815. The number of carboxylic acid groups (broad SMARTS) is 1. The monoisotopic (exact) mass is 226 g/mol. The summed E-state index contributed by atoms with van der Waals surface area (Å²) in [5.41, 5.74) is 0.210. The van der Waals surface area contributed by atoms with Crippen molar-refractivity contribution in [3.8, 4) is 5.75 Å². The van der Waals surface area contributed by atoms with E-state index in [1.54, 1.807) is 13.0 Å². The summed E-state index contributed by atoms with van der Waals surface area (Å²) < 4.78 is 0. The molecule has 0 radical (unpaired) electrons. The van der Waals surface area contributed by atoms with Gasteiger partial charge in [-0.3, -0.25) is 4.79 Å². The van der Waals surface area contributed by atoms with Crippen LogP contribution in [0.1, 0.15) is 24.0 Å². The van der Waals surface area contributed by atoms with E-state index in [0.717, 1.165) is 5.56 Å². The normalized spacial score (nSPS) is 17.5. The van der Waals surface area contributed by atoms with Crippen molar-refractivity contribution in [1.29, 1.82) is 0 Å². The molecule has 3 nitrogen and oxygen atoms in total. The summed E-state index contributed by atoms with van der Waals surface area (Å²) in [5, 5.41) is 19.2. The largest absolute Gasteiger partial charge is 0.508 e. The van der Waals surface area contributed by atoms with E-state index in [1.165, 1.54) is 6.07 Å². The molecule has 2 N–H and O–H groups in total. The summed E-state index contributed by atoms with van der Waals surface area (Å²) in [6, 6.07) is 3.18. The van der Waals surface area contributed by atoms with Crippen molar-refractivity contribution >= 4 is 17.6 Å². The van der Waals surface area contributed by atoms with Gasteiger partial charge in [-0.1, -0.05) is 17.7 Å². The highest BCUT2D eigenvalue weighted by atomic mass is 35.5. The molecule has 4 heteroatoms. The second-order valence-corrected chi connectivity index (χ2v) is 4.36. The predicted octanol–water partition coefficient (Wildman–Crippen LogP) is 2.47. The smallest absolute Gasteiger partial charge is 0.314 e. The lowest BCUT2D eigenvalue weighted by atomic mass is 9.93. The van der Waals surface area contributed by atoms with E-state index in [2.05, 4.69) is 0 Å². The lowest BCUT2D eigenvalue weighted by molar-refractivity contribution is -0.140. The highest BCUT2D eigenvalue weighted by molar-refractivity contribution is 6.32. The van der Waals surface area contributed by atoms with Crippen molar-refractivity contribution < 1.29 is 15.0 Å². The number of halogens is 1. The highest BCUT2D eigenvalue weighted by Gasteiger charge is 2.54. The van der Waals surface area contributed by atoms with Crippen LogP contribution in [-0.4, -0.2) is 16.2 Å². The molecule has 2 rings (SSSR count). The van der Waals surface area contributed by atoms with E-state index in [9.17, 15) is 9.90 Å². The van der Waals surface area contributed by atoms with Gasteiger partial charge in [-0.25, -0.2) is 0 Å². The number of hydrogen-bond acceptors (Lipinski definition) is 2. The molecule has 0 aliphatic heterocycles. The summed E-state index contributed by atoms with van der Waals surface area (Å²) in [4.78, 5) is 11.1. The fourth-order valence-corrected chi connectivity index (χ4v) is 2.16. The van der Waals surface area contributed by atoms with E-state index >= 15 is 0 Å². The van der Waals surface area contributed by atoms with Crippen molar-refractivity contribution in [2.45, 2.75) is 25.2 Å². The number of carbonyl (C=O) groups is 1. The molecule has 0 aromatic heterocycles. The first-order valence-electron chi connectivity index (χ1n) is 4.71. The summed E-state index contributed by atoms with van der Waals surface area (Å²) in [6.45, 7) is 1.79. The number of aryl methyl sites for hydroxylation is 1. The molecule has 0 unspecified atom stereocenters. The topological polar surface area (TPSA) is 57.5 Å². The summed E-state index contributed by atoms with van der Waals surface area (Å²) in [5.74, 6) is -0.934. The van der Waals surface area contributed by atoms with E-state index < -0.39 is 11.4 Å². The second kappa shape index (κ2) is 3.14. The Kier molecular flexibility index (Phi) is 2.15. The summed E-state index contributed by atoms with van der Waals surface area (Å²) in [6.07, 6.45) is 1.08. The Morgan fingerprint density at radius 1 is 1.47 bits per heavy atom.